The van der Waals surface area contributed by atoms with E-state index in [1.165, 1.54) is 0 Å². The van der Waals surface area contributed by atoms with E-state index in [-0.39, 0.29) is 11.8 Å². The van der Waals surface area contributed by atoms with Gasteiger partial charge in [-0.3, -0.25) is 4.79 Å². The average molecular weight is 195 g/mol. The van der Waals surface area contributed by atoms with Crippen LogP contribution in [-0.4, -0.2) is 11.8 Å². The predicted molar refractivity (Wildman–Crippen MR) is 61.1 cm³/mol. The molecule has 0 aliphatic carbocycles. The van der Waals surface area contributed by atoms with E-state index in [0.717, 1.165) is 25.7 Å². The van der Waals surface area contributed by atoms with Crippen LogP contribution in [0.3, 0.4) is 0 Å². The molecule has 1 unspecified atom stereocenters. The van der Waals surface area contributed by atoms with Gasteiger partial charge in [0.1, 0.15) is 5.78 Å². The van der Waals surface area contributed by atoms with Crippen LogP contribution >= 0.6 is 0 Å². The summed E-state index contributed by atoms with van der Waals surface area (Å²) in [5.41, 5.74) is 5.63. The molecule has 0 saturated heterocycles. The van der Waals surface area contributed by atoms with Crippen molar-refractivity contribution < 1.29 is 4.79 Å². The fourth-order valence-corrected chi connectivity index (χ4v) is 1.26. The molecule has 14 heavy (non-hydrogen) atoms. The summed E-state index contributed by atoms with van der Waals surface area (Å²) in [5.74, 6) is 0.156. The summed E-state index contributed by atoms with van der Waals surface area (Å²) in [6.45, 7) is 7.21. The zero-order valence-electron chi connectivity index (χ0n) is 8.87. The van der Waals surface area contributed by atoms with Crippen LogP contribution < -0.4 is 5.73 Å². The zero-order chi connectivity index (χ0) is 10.8. The van der Waals surface area contributed by atoms with Crippen molar-refractivity contribution in [3.63, 3.8) is 0 Å². The maximum Gasteiger partial charge on any atom is 0.149 e. The highest BCUT2D eigenvalue weighted by Crippen LogP contribution is 2.05. The van der Waals surface area contributed by atoms with Crippen molar-refractivity contribution in [2.75, 3.05) is 0 Å². The van der Waals surface area contributed by atoms with Crippen molar-refractivity contribution in [1.29, 1.82) is 0 Å². The minimum atomic E-state index is -0.341. The average Bonchev–Trinajstić information content (AvgIpc) is 2.17. The van der Waals surface area contributed by atoms with Crippen LogP contribution in [0.2, 0.25) is 0 Å². The smallest absolute Gasteiger partial charge is 0.149 e. The molecule has 0 amide bonds. The lowest BCUT2D eigenvalue weighted by atomic mass is 10.0. The standard InChI is InChI=1S/C12H21NO/c1-3-5-6-7-8-10-12(14)11(13)9-4-2/h3-4,11H,1-2,5-10,13H2. The van der Waals surface area contributed by atoms with Crippen LogP contribution in [0, 0.1) is 0 Å². The van der Waals surface area contributed by atoms with Gasteiger partial charge in [0.15, 0.2) is 0 Å². The molecule has 0 aliphatic rings. The SMILES string of the molecule is C=CCCCCCC(=O)C(N)CC=C. The number of hydrogen-bond acceptors (Lipinski definition) is 2. The Kier molecular flexibility index (Phi) is 8.14. The molecule has 0 aromatic rings. The lowest BCUT2D eigenvalue weighted by molar-refractivity contribution is -0.120. The third kappa shape index (κ3) is 6.61. The van der Waals surface area contributed by atoms with Crippen LogP contribution in [-0.2, 0) is 4.79 Å². The third-order valence-corrected chi connectivity index (χ3v) is 2.17. The van der Waals surface area contributed by atoms with E-state index in [1.807, 2.05) is 6.08 Å². The van der Waals surface area contributed by atoms with Gasteiger partial charge in [-0.2, -0.15) is 0 Å². The van der Waals surface area contributed by atoms with E-state index >= 15 is 0 Å². The fourth-order valence-electron chi connectivity index (χ4n) is 1.26. The molecule has 0 saturated carbocycles. The van der Waals surface area contributed by atoms with Gasteiger partial charge in [-0.25, -0.2) is 0 Å². The second-order valence-electron chi connectivity index (χ2n) is 3.49. The predicted octanol–water partition coefficient (Wildman–Crippen LogP) is 2.60. The Bertz CT molecular complexity index is 187. The Morgan fingerprint density at radius 3 is 2.50 bits per heavy atom. The van der Waals surface area contributed by atoms with Crippen LogP contribution in [0.25, 0.3) is 0 Å². The molecule has 0 fully saturated rings. The molecule has 2 nitrogen and oxygen atoms in total. The zero-order valence-corrected chi connectivity index (χ0v) is 8.87. The van der Waals surface area contributed by atoms with Gasteiger partial charge in [0.2, 0.25) is 0 Å². The van der Waals surface area contributed by atoms with Crippen molar-refractivity contribution in [1.82, 2.24) is 0 Å². The highest BCUT2D eigenvalue weighted by molar-refractivity contribution is 5.83. The van der Waals surface area contributed by atoms with Crippen LogP contribution in [0.15, 0.2) is 25.3 Å². The number of ketones is 1. The quantitative estimate of drug-likeness (QED) is 0.454. The normalized spacial score (nSPS) is 12.1. The van der Waals surface area contributed by atoms with E-state index in [2.05, 4.69) is 13.2 Å². The highest BCUT2D eigenvalue weighted by Gasteiger charge is 2.10. The monoisotopic (exact) mass is 195 g/mol. The largest absolute Gasteiger partial charge is 0.321 e. The van der Waals surface area contributed by atoms with Gasteiger partial charge in [0, 0.05) is 6.42 Å². The van der Waals surface area contributed by atoms with Crippen LogP contribution in [0.1, 0.15) is 38.5 Å². The first-order valence-corrected chi connectivity index (χ1v) is 5.22. The molecule has 0 radical (unpaired) electrons. The maximum atomic E-state index is 11.4. The Balaban J connectivity index is 3.43. The number of nitrogens with two attached hydrogens (primary N) is 1. The van der Waals surface area contributed by atoms with E-state index < -0.39 is 0 Å². The van der Waals surface area contributed by atoms with Crippen molar-refractivity contribution >= 4 is 5.78 Å². The number of rotatable bonds is 9. The number of hydrogen-bond donors (Lipinski definition) is 1. The molecule has 0 aromatic heterocycles. The van der Waals surface area contributed by atoms with Crippen LogP contribution in [0.4, 0.5) is 0 Å². The molecular formula is C12H21NO. The molecule has 0 spiro atoms. The first-order chi connectivity index (χ1) is 6.72. The first kappa shape index (κ1) is 13.1. The number of carbonyl (C=O) groups excluding carboxylic acids is 1. The van der Waals surface area contributed by atoms with Gasteiger partial charge in [-0.1, -0.05) is 18.6 Å². The maximum absolute atomic E-state index is 11.4. The molecule has 0 bridgehead atoms. The topological polar surface area (TPSA) is 43.1 Å². The third-order valence-electron chi connectivity index (χ3n) is 2.17. The van der Waals surface area contributed by atoms with E-state index in [1.54, 1.807) is 6.08 Å². The molecule has 2 heteroatoms. The summed E-state index contributed by atoms with van der Waals surface area (Å²) in [5, 5.41) is 0. The van der Waals surface area contributed by atoms with Crippen molar-refractivity contribution in [2.45, 2.75) is 44.6 Å². The number of allylic oxidation sites excluding steroid dienone is 1. The van der Waals surface area contributed by atoms with Crippen molar-refractivity contribution in [2.24, 2.45) is 5.73 Å². The molecule has 1 atom stereocenters. The van der Waals surface area contributed by atoms with E-state index in [9.17, 15) is 4.79 Å². The summed E-state index contributed by atoms with van der Waals surface area (Å²) in [7, 11) is 0. The number of carbonyl (C=O) groups is 1. The summed E-state index contributed by atoms with van der Waals surface area (Å²) >= 11 is 0. The second-order valence-corrected chi connectivity index (χ2v) is 3.49. The Morgan fingerprint density at radius 1 is 1.21 bits per heavy atom. The van der Waals surface area contributed by atoms with Gasteiger partial charge < -0.3 is 5.73 Å². The Morgan fingerprint density at radius 2 is 1.93 bits per heavy atom. The molecule has 0 rings (SSSR count). The van der Waals surface area contributed by atoms with Gasteiger partial charge in [0.25, 0.3) is 0 Å². The van der Waals surface area contributed by atoms with E-state index in [0.29, 0.717) is 12.8 Å². The van der Waals surface area contributed by atoms with Crippen LogP contribution in [0.5, 0.6) is 0 Å². The lowest BCUT2D eigenvalue weighted by Crippen LogP contribution is -2.29. The first-order valence-electron chi connectivity index (χ1n) is 5.22. The second kappa shape index (κ2) is 8.70. The van der Waals surface area contributed by atoms with Gasteiger partial charge in [0.05, 0.1) is 6.04 Å². The molecule has 0 heterocycles. The molecular weight excluding hydrogens is 174 g/mol. The summed E-state index contributed by atoms with van der Waals surface area (Å²) in [6, 6.07) is -0.341. The summed E-state index contributed by atoms with van der Waals surface area (Å²) in [6.07, 6.45) is 8.97. The van der Waals surface area contributed by atoms with Gasteiger partial charge in [-0.05, 0) is 25.7 Å². The highest BCUT2D eigenvalue weighted by atomic mass is 16.1. The fraction of sp³-hybridized carbons (Fsp3) is 0.583. The Labute approximate surface area is 86.9 Å². The summed E-state index contributed by atoms with van der Waals surface area (Å²) in [4.78, 5) is 11.4. The summed E-state index contributed by atoms with van der Waals surface area (Å²) < 4.78 is 0. The number of Topliss-reactive ketones (excluding diaryl/α,β-unsaturated/α-hetero) is 1. The molecule has 2 N–H and O–H groups in total. The van der Waals surface area contributed by atoms with E-state index in [4.69, 9.17) is 5.73 Å². The lowest BCUT2D eigenvalue weighted by Gasteiger charge is -2.06. The van der Waals surface area contributed by atoms with Gasteiger partial charge in [-0.15, -0.1) is 13.2 Å². The minimum absolute atomic E-state index is 0.156. The molecule has 0 aliphatic heterocycles. The number of unbranched alkanes of at least 4 members (excludes halogenated alkanes) is 3. The molecule has 80 valence electrons. The molecule has 0 aromatic carbocycles. The van der Waals surface area contributed by atoms with Gasteiger partial charge >= 0.3 is 0 Å². The minimum Gasteiger partial charge on any atom is -0.321 e. The Hall–Kier alpha value is -0.890. The van der Waals surface area contributed by atoms with Crippen molar-refractivity contribution in [3.05, 3.63) is 25.3 Å². The van der Waals surface area contributed by atoms with Crippen molar-refractivity contribution in [3.8, 4) is 0 Å².